The van der Waals surface area contributed by atoms with Crippen molar-refractivity contribution in [3.05, 3.63) is 35.9 Å². The van der Waals surface area contributed by atoms with E-state index in [4.69, 9.17) is 4.74 Å². The van der Waals surface area contributed by atoms with E-state index < -0.39 is 11.9 Å². The number of ether oxygens (including phenoxy) is 2. The molecule has 118 valence electrons. The molecule has 1 amide bonds. The first kappa shape index (κ1) is 16.0. The summed E-state index contributed by atoms with van der Waals surface area (Å²) >= 11 is 0. The van der Waals surface area contributed by atoms with Gasteiger partial charge in [-0.05, 0) is 5.56 Å². The molecule has 7 nitrogen and oxygen atoms in total. The van der Waals surface area contributed by atoms with Gasteiger partial charge in [0.25, 0.3) is 0 Å². The van der Waals surface area contributed by atoms with Crippen LogP contribution < -0.4 is 5.43 Å². The number of benzene rings is 1. The number of carbonyl (C=O) groups excluding carboxylic acids is 3. The lowest BCUT2D eigenvalue weighted by Crippen LogP contribution is -2.60. The van der Waals surface area contributed by atoms with Gasteiger partial charge in [0.15, 0.2) is 0 Å². The van der Waals surface area contributed by atoms with E-state index in [1.807, 2.05) is 30.3 Å². The monoisotopic (exact) mass is 306 g/mol. The van der Waals surface area contributed by atoms with Crippen LogP contribution in [0.1, 0.15) is 18.4 Å². The fraction of sp³-hybridized carbons (Fsp3) is 0.400. The summed E-state index contributed by atoms with van der Waals surface area (Å²) in [6.45, 7) is 0.0527. The normalized spacial score (nSPS) is 16.9. The smallest absolute Gasteiger partial charge is 0.322 e. The van der Waals surface area contributed by atoms with Crippen molar-refractivity contribution in [1.82, 2.24) is 10.4 Å². The highest BCUT2D eigenvalue weighted by Gasteiger charge is 2.38. The first-order valence-electron chi connectivity index (χ1n) is 6.92. The van der Waals surface area contributed by atoms with Crippen LogP contribution in [0, 0.1) is 0 Å². The Morgan fingerprint density at radius 1 is 1.27 bits per heavy atom. The number of hydrazine groups is 1. The summed E-state index contributed by atoms with van der Waals surface area (Å²) in [5.74, 6) is -1.03. The predicted octanol–water partition coefficient (Wildman–Crippen LogP) is 0.398. The van der Waals surface area contributed by atoms with Crippen LogP contribution >= 0.6 is 0 Å². The quantitative estimate of drug-likeness (QED) is 0.580. The van der Waals surface area contributed by atoms with E-state index in [9.17, 15) is 14.4 Å². The second-order valence-corrected chi connectivity index (χ2v) is 4.88. The summed E-state index contributed by atoms with van der Waals surface area (Å²) in [5, 5.41) is 1.28. The third-order valence-electron chi connectivity index (χ3n) is 3.31. The number of nitrogens with zero attached hydrogens (tertiary/aromatic N) is 1. The highest BCUT2D eigenvalue weighted by molar-refractivity contribution is 5.85. The molecule has 7 heteroatoms. The Bertz CT molecular complexity index is 546. The molecule has 0 radical (unpaired) electrons. The molecular weight excluding hydrogens is 288 g/mol. The van der Waals surface area contributed by atoms with Crippen LogP contribution in [0.15, 0.2) is 30.3 Å². The molecule has 2 rings (SSSR count). The molecule has 1 fully saturated rings. The number of rotatable bonds is 7. The molecule has 0 aromatic heterocycles. The van der Waals surface area contributed by atoms with Gasteiger partial charge in [-0.25, -0.2) is 5.43 Å². The molecule has 1 unspecified atom stereocenters. The molecule has 22 heavy (non-hydrogen) atoms. The Morgan fingerprint density at radius 3 is 2.64 bits per heavy atom. The Morgan fingerprint density at radius 2 is 2.00 bits per heavy atom. The zero-order valence-corrected chi connectivity index (χ0v) is 12.3. The van der Waals surface area contributed by atoms with Gasteiger partial charge in [0.1, 0.15) is 13.2 Å². The van der Waals surface area contributed by atoms with E-state index >= 15 is 0 Å². The average molecular weight is 306 g/mol. The number of esters is 2. The van der Waals surface area contributed by atoms with Gasteiger partial charge < -0.3 is 9.47 Å². The molecule has 0 bridgehead atoms. The summed E-state index contributed by atoms with van der Waals surface area (Å²) < 4.78 is 9.65. The number of β-lactam (4-membered cyclic amide) rings is 1. The molecule has 1 aliphatic heterocycles. The van der Waals surface area contributed by atoms with Crippen molar-refractivity contribution in [2.75, 3.05) is 13.7 Å². The van der Waals surface area contributed by atoms with Crippen molar-refractivity contribution in [3.63, 3.8) is 0 Å². The third-order valence-corrected chi connectivity index (χ3v) is 3.31. The van der Waals surface area contributed by atoms with Gasteiger partial charge >= 0.3 is 11.9 Å². The van der Waals surface area contributed by atoms with Crippen LogP contribution in [0.5, 0.6) is 0 Å². The number of hydrogen-bond acceptors (Lipinski definition) is 6. The van der Waals surface area contributed by atoms with E-state index in [2.05, 4.69) is 10.2 Å². The molecule has 1 N–H and O–H groups in total. The van der Waals surface area contributed by atoms with Crippen molar-refractivity contribution < 1.29 is 23.9 Å². The van der Waals surface area contributed by atoms with Gasteiger partial charge in [-0.1, -0.05) is 30.3 Å². The molecule has 1 aromatic carbocycles. The molecule has 1 heterocycles. The van der Waals surface area contributed by atoms with Crippen LogP contribution in [0.25, 0.3) is 0 Å². The Balaban J connectivity index is 1.71. The minimum atomic E-state index is -0.472. The SMILES string of the molecule is COC(=O)CC1CC(=O)N1NCC(=O)OCc1ccccc1. The van der Waals surface area contributed by atoms with Crippen molar-refractivity contribution in [2.24, 2.45) is 0 Å². The summed E-state index contributed by atoms with van der Waals surface area (Å²) in [6, 6.07) is 9.03. The lowest BCUT2D eigenvalue weighted by Gasteiger charge is -2.39. The molecule has 0 aliphatic carbocycles. The largest absolute Gasteiger partial charge is 0.469 e. The van der Waals surface area contributed by atoms with Gasteiger partial charge in [0.2, 0.25) is 5.91 Å². The first-order valence-corrected chi connectivity index (χ1v) is 6.92. The molecule has 1 aliphatic rings. The van der Waals surface area contributed by atoms with Crippen molar-refractivity contribution in [2.45, 2.75) is 25.5 Å². The minimum absolute atomic E-state index is 0.105. The van der Waals surface area contributed by atoms with Crippen LogP contribution in [0.3, 0.4) is 0 Å². The van der Waals surface area contributed by atoms with E-state index in [0.717, 1.165) is 5.56 Å². The maximum Gasteiger partial charge on any atom is 0.322 e. The maximum absolute atomic E-state index is 11.6. The van der Waals surface area contributed by atoms with Gasteiger partial charge in [-0.3, -0.25) is 19.4 Å². The Labute approximate surface area is 128 Å². The van der Waals surface area contributed by atoms with Crippen molar-refractivity contribution >= 4 is 17.8 Å². The maximum atomic E-state index is 11.6. The topological polar surface area (TPSA) is 84.9 Å². The molecule has 0 saturated carbocycles. The molecular formula is C15H18N2O5. The number of hydrogen-bond donors (Lipinski definition) is 1. The molecule has 1 saturated heterocycles. The van der Waals surface area contributed by atoms with Crippen LogP contribution in [-0.4, -0.2) is 42.6 Å². The van der Waals surface area contributed by atoms with Gasteiger partial charge in [-0.2, -0.15) is 0 Å². The zero-order valence-electron chi connectivity index (χ0n) is 12.3. The van der Waals surface area contributed by atoms with Crippen LogP contribution in [0.2, 0.25) is 0 Å². The minimum Gasteiger partial charge on any atom is -0.469 e. The fourth-order valence-corrected chi connectivity index (χ4v) is 2.08. The van der Waals surface area contributed by atoms with Crippen LogP contribution in [0.4, 0.5) is 0 Å². The van der Waals surface area contributed by atoms with E-state index in [1.54, 1.807) is 0 Å². The number of nitrogens with one attached hydrogen (secondary N) is 1. The van der Waals surface area contributed by atoms with Gasteiger partial charge in [0.05, 0.1) is 26.0 Å². The Kier molecular flexibility index (Phi) is 5.48. The lowest BCUT2D eigenvalue weighted by molar-refractivity contribution is -0.158. The number of carbonyl (C=O) groups is 3. The van der Waals surface area contributed by atoms with Crippen LogP contribution in [-0.2, 0) is 30.5 Å². The van der Waals surface area contributed by atoms with E-state index in [-0.39, 0.29) is 37.9 Å². The van der Waals surface area contributed by atoms with Crippen molar-refractivity contribution in [3.8, 4) is 0 Å². The second-order valence-electron chi connectivity index (χ2n) is 4.88. The van der Waals surface area contributed by atoms with E-state index in [0.29, 0.717) is 0 Å². The van der Waals surface area contributed by atoms with Crippen molar-refractivity contribution in [1.29, 1.82) is 0 Å². The average Bonchev–Trinajstić information content (AvgIpc) is 2.53. The zero-order chi connectivity index (χ0) is 15.9. The summed E-state index contributed by atoms with van der Waals surface area (Å²) in [4.78, 5) is 34.3. The molecule has 1 aromatic rings. The van der Waals surface area contributed by atoms with Gasteiger partial charge in [0, 0.05) is 0 Å². The Hall–Kier alpha value is -2.41. The standard InChI is InChI=1S/C15H18N2O5/c1-21-14(19)8-12-7-13(18)17(12)16-9-15(20)22-10-11-5-3-2-4-6-11/h2-6,12,16H,7-10H2,1H3. The third kappa shape index (κ3) is 4.29. The lowest BCUT2D eigenvalue weighted by atomic mass is 10.0. The highest BCUT2D eigenvalue weighted by atomic mass is 16.5. The summed E-state index contributed by atoms with van der Waals surface area (Å²) in [7, 11) is 1.29. The molecule has 1 atom stereocenters. The fourth-order valence-electron chi connectivity index (χ4n) is 2.08. The number of methoxy groups -OCH3 is 1. The first-order chi connectivity index (χ1) is 10.6. The molecule has 0 spiro atoms. The highest BCUT2D eigenvalue weighted by Crippen LogP contribution is 2.19. The number of amides is 1. The second kappa shape index (κ2) is 7.56. The van der Waals surface area contributed by atoms with Gasteiger partial charge in [-0.15, -0.1) is 0 Å². The predicted molar refractivity (Wildman–Crippen MR) is 76.1 cm³/mol. The summed E-state index contributed by atoms with van der Waals surface area (Å²) in [6.07, 6.45) is 0.371. The summed E-state index contributed by atoms with van der Waals surface area (Å²) in [5.41, 5.74) is 3.57. The van der Waals surface area contributed by atoms with E-state index in [1.165, 1.54) is 12.1 Å².